The van der Waals surface area contributed by atoms with Crippen molar-refractivity contribution in [2.75, 3.05) is 38.0 Å². The summed E-state index contributed by atoms with van der Waals surface area (Å²) in [5.74, 6) is -0.246. The molecule has 9 heteroatoms. The molecule has 1 fully saturated rings. The van der Waals surface area contributed by atoms with Gasteiger partial charge in [-0.3, -0.25) is 9.69 Å². The van der Waals surface area contributed by atoms with Crippen LogP contribution in [0.1, 0.15) is 26.3 Å². The quantitative estimate of drug-likeness (QED) is 0.690. The molecule has 1 heterocycles. The lowest BCUT2D eigenvalue weighted by Gasteiger charge is -2.33. The second-order valence-electron chi connectivity index (χ2n) is 8.60. The molecule has 2 aromatic carbocycles. The van der Waals surface area contributed by atoms with Crippen molar-refractivity contribution in [1.82, 2.24) is 9.21 Å². The predicted molar refractivity (Wildman–Crippen MR) is 125 cm³/mol. The highest BCUT2D eigenvalue weighted by molar-refractivity contribution is 7.89. The van der Waals surface area contributed by atoms with Crippen molar-refractivity contribution in [1.29, 1.82) is 0 Å². The van der Waals surface area contributed by atoms with Crippen LogP contribution < -0.4 is 5.32 Å². The molecule has 0 aliphatic carbocycles. The third kappa shape index (κ3) is 5.79. The van der Waals surface area contributed by atoms with Gasteiger partial charge in [-0.1, -0.05) is 62.2 Å². The van der Waals surface area contributed by atoms with Gasteiger partial charge in [-0.05, 0) is 35.2 Å². The van der Waals surface area contributed by atoms with E-state index in [2.05, 4.69) is 26.1 Å². The van der Waals surface area contributed by atoms with Crippen LogP contribution in [-0.2, 0) is 20.2 Å². The molecular weight excluding hydrogens is 457 g/mol. The predicted octanol–water partition coefficient (Wildman–Crippen LogP) is 4.24. The van der Waals surface area contributed by atoms with Crippen molar-refractivity contribution < 1.29 is 13.2 Å². The molecule has 0 saturated carbocycles. The Morgan fingerprint density at radius 2 is 1.52 bits per heavy atom. The number of hydrogen-bond donors (Lipinski definition) is 1. The van der Waals surface area contributed by atoms with E-state index < -0.39 is 10.0 Å². The topological polar surface area (TPSA) is 69.7 Å². The maximum atomic E-state index is 13.0. The van der Waals surface area contributed by atoms with Crippen molar-refractivity contribution in [2.24, 2.45) is 0 Å². The van der Waals surface area contributed by atoms with Gasteiger partial charge in [0.1, 0.15) is 0 Å². The summed E-state index contributed by atoms with van der Waals surface area (Å²) < 4.78 is 27.5. The number of nitrogens with zero attached hydrogens (tertiary/aromatic N) is 2. The first kappa shape index (κ1) is 24.0. The van der Waals surface area contributed by atoms with E-state index in [1.54, 1.807) is 30.3 Å². The average Bonchev–Trinajstić information content (AvgIpc) is 2.71. The van der Waals surface area contributed by atoms with Crippen LogP contribution in [-0.4, -0.2) is 56.3 Å². The van der Waals surface area contributed by atoms with E-state index in [4.69, 9.17) is 23.2 Å². The molecule has 0 spiro atoms. The maximum Gasteiger partial charge on any atom is 0.243 e. The highest BCUT2D eigenvalue weighted by atomic mass is 35.5. The number of rotatable bonds is 5. The van der Waals surface area contributed by atoms with Crippen LogP contribution in [0.2, 0.25) is 10.0 Å². The third-order valence-corrected chi connectivity index (χ3v) is 7.83. The van der Waals surface area contributed by atoms with Gasteiger partial charge in [0.05, 0.1) is 27.2 Å². The van der Waals surface area contributed by atoms with Crippen LogP contribution in [0.15, 0.2) is 47.4 Å². The second kappa shape index (κ2) is 9.46. The Kier molecular flexibility index (Phi) is 7.33. The molecule has 1 saturated heterocycles. The summed E-state index contributed by atoms with van der Waals surface area (Å²) in [6.45, 7) is 7.97. The van der Waals surface area contributed by atoms with Crippen LogP contribution >= 0.6 is 23.2 Å². The van der Waals surface area contributed by atoms with Gasteiger partial charge in [0, 0.05) is 26.2 Å². The summed E-state index contributed by atoms with van der Waals surface area (Å²) in [4.78, 5) is 14.6. The van der Waals surface area contributed by atoms with E-state index in [1.165, 1.54) is 4.31 Å². The van der Waals surface area contributed by atoms with Crippen molar-refractivity contribution >= 4 is 44.8 Å². The smallest absolute Gasteiger partial charge is 0.243 e. The Morgan fingerprint density at radius 3 is 2.03 bits per heavy atom. The minimum Gasteiger partial charge on any atom is -0.322 e. The minimum atomic E-state index is -3.56. The minimum absolute atomic E-state index is 0.0390. The van der Waals surface area contributed by atoms with E-state index in [0.29, 0.717) is 46.8 Å². The van der Waals surface area contributed by atoms with Crippen LogP contribution in [0.4, 0.5) is 5.69 Å². The van der Waals surface area contributed by atoms with E-state index in [-0.39, 0.29) is 17.9 Å². The molecule has 2 aromatic rings. The van der Waals surface area contributed by atoms with Gasteiger partial charge >= 0.3 is 0 Å². The third-order valence-electron chi connectivity index (χ3n) is 5.28. The van der Waals surface area contributed by atoms with Crippen LogP contribution in [0, 0.1) is 0 Å². The van der Waals surface area contributed by atoms with Crippen molar-refractivity contribution in [3.8, 4) is 0 Å². The Hall–Kier alpha value is -1.64. The van der Waals surface area contributed by atoms with Gasteiger partial charge < -0.3 is 5.32 Å². The highest BCUT2D eigenvalue weighted by Crippen LogP contribution is 2.30. The number of nitrogens with one attached hydrogen (secondary N) is 1. The van der Waals surface area contributed by atoms with Gasteiger partial charge in [-0.25, -0.2) is 8.42 Å². The standard InChI is InChI=1S/C22H27Cl2N3O3S/c1-22(2,3)16-7-9-17(10-8-16)31(29,30)27-13-11-26(12-14-27)15-20(28)25-21-18(23)5-4-6-19(21)24/h4-10H,11-15H2,1-3H3,(H,25,28). The fourth-order valence-corrected chi connectivity index (χ4v) is 5.32. The summed E-state index contributed by atoms with van der Waals surface area (Å²) in [5, 5.41) is 3.47. The van der Waals surface area contributed by atoms with E-state index in [1.807, 2.05) is 17.0 Å². The van der Waals surface area contributed by atoms with Crippen molar-refractivity contribution in [3.05, 3.63) is 58.1 Å². The van der Waals surface area contributed by atoms with Gasteiger partial charge in [-0.2, -0.15) is 4.31 Å². The molecule has 1 N–H and O–H groups in total. The summed E-state index contributed by atoms with van der Waals surface area (Å²) in [6.07, 6.45) is 0. The molecular formula is C22H27Cl2N3O3S. The normalized spacial score (nSPS) is 16.3. The van der Waals surface area contributed by atoms with Crippen molar-refractivity contribution in [3.63, 3.8) is 0 Å². The number of sulfonamides is 1. The Labute approximate surface area is 194 Å². The summed E-state index contributed by atoms with van der Waals surface area (Å²) in [6, 6.07) is 12.1. The number of carbonyl (C=O) groups excluding carboxylic acids is 1. The molecule has 6 nitrogen and oxygen atoms in total. The van der Waals surface area contributed by atoms with E-state index in [9.17, 15) is 13.2 Å². The largest absolute Gasteiger partial charge is 0.322 e. The molecule has 1 aliphatic rings. The average molecular weight is 484 g/mol. The summed E-state index contributed by atoms with van der Waals surface area (Å²) >= 11 is 12.2. The monoisotopic (exact) mass is 483 g/mol. The van der Waals surface area contributed by atoms with Gasteiger partial charge in [0.2, 0.25) is 15.9 Å². The Bertz CT molecular complexity index is 1020. The molecule has 0 bridgehead atoms. The van der Waals surface area contributed by atoms with Crippen LogP contribution in [0.3, 0.4) is 0 Å². The molecule has 0 radical (unpaired) electrons. The molecule has 31 heavy (non-hydrogen) atoms. The number of hydrogen-bond acceptors (Lipinski definition) is 4. The van der Waals surface area contributed by atoms with Crippen LogP contribution in [0.25, 0.3) is 0 Å². The van der Waals surface area contributed by atoms with Gasteiger partial charge in [0.15, 0.2) is 0 Å². The Balaban J connectivity index is 1.58. The summed E-state index contributed by atoms with van der Waals surface area (Å²) in [7, 11) is -3.56. The molecule has 1 amide bonds. The molecule has 0 aromatic heterocycles. The van der Waals surface area contributed by atoms with E-state index >= 15 is 0 Å². The molecule has 1 aliphatic heterocycles. The zero-order valence-corrected chi connectivity index (χ0v) is 20.2. The summed E-state index contributed by atoms with van der Waals surface area (Å²) in [5.41, 5.74) is 1.43. The first-order valence-electron chi connectivity index (χ1n) is 10.1. The highest BCUT2D eigenvalue weighted by Gasteiger charge is 2.29. The lowest BCUT2D eigenvalue weighted by Crippen LogP contribution is -2.50. The van der Waals surface area contributed by atoms with E-state index in [0.717, 1.165) is 5.56 Å². The number of halogens is 2. The SMILES string of the molecule is CC(C)(C)c1ccc(S(=O)(=O)N2CCN(CC(=O)Nc3c(Cl)cccc3Cl)CC2)cc1. The molecule has 0 atom stereocenters. The van der Waals surface area contributed by atoms with Crippen LogP contribution in [0.5, 0.6) is 0 Å². The first-order valence-corrected chi connectivity index (χ1v) is 12.2. The fourth-order valence-electron chi connectivity index (χ4n) is 3.40. The Morgan fingerprint density at radius 1 is 0.968 bits per heavy atom. The fraction of sp³-hybridized carbons (Fsp3) is 0.409. The van der Waals surface area contributed by atoms with Gasteiger partial charge in [-0.15, -0.1) is 0 Å². The van der Waals surface area contributed by atoms with Gasteiger partial charge in [0.25, 0.3) is 0 Å². The lowest BCUT2D eigenvalue weighted by molar-refractivity contribution is -0.117. The second-order valence-corrected chi connectivity index (χ2v) is 11.4. The number of para-hydroxylation sites is 1. The number of carbonyl (C=O) groups is 1. The zero-order chi connectivity index (χ0) is 22.8. The lowest BCUT2D eigenvalue weighted by atomic mass is 9.87. The molecule has 168 valence electrons. The number of amides is 1. The molecule has 0 unspecified atom stereocenters. The molecule has 3 rings (SSSR count). The zero-order valence-electron chi connectivity index (χ0n) is 17.9. The maximum absolute atomic E-state index is 13.0. The van der Waals surface area contributed by atoms with Crippen molar-refractivity contribution in [2.45, 2.75) is 31.1 Å². The number of benzene rings is 2. The number of piperazine rings is 1. The first-order chi connectivity index (χ1) is 14.5. The number of anilines is 1.